The van der Waals surface area contributed by atoms with Gasteiger partial charge in [-0.25, -0.2) is 0 Å². The van der Waals surface area contributed by atoms with Crippen molar-refractivity contribution in [3.05, 3.63) is 75.6 Å². The van der Waals surface area contributed by atoms with E-state index in [1.807, 2.05) is 31.2 Å². The second-order valence-electron chi connectivity index (χ2n) is 5.20. The van der Waals surface area contributed by atoms with Crippen molar-refractivity contribution >= 4 is 33.7 Å². The van der Waals surface area contributed by atoms with Crippen LogP contribution < -0.4 is 5.32 Å². The first-order valence-electron chi connectivity index (χ1n) is 7.10. The van der Waals surface area contributed by atoms with E-state index in [2.05, 4.69) is 10.3 Å². The maximum atomic E-state index is 11.2. The molecule has 0 aliphatic rings. The molecule has 0 aliphatic heterocycles. The third kappa shape index (κ3) is 2.96. The van der Waals surface area contributed by atoms with E-state index in [0.29, 0.717) is 10.4 Å². The average molecular weight is 328 g/mol. The van der Waals surface area contributed by atoms with Gasteiger partial charge in [-0.15, -0.1) is 0 Å². The lowest BCUT2D eigenvalue weighted by Crippen LogP contribution is -2.07. The lowest BCUT2D eigenvalue weighted by atomic mass is 10.1. The summed E-state index contributed by atoms with van der Waals surface area (Å²) in [4.78, 5) is 14.8. The SMILES string of the molecule is CC(Nc1ccc([N+](=O)[O-])c2cnccc12)c1ccccc1Cl. The van der Waals surface area contributed by atoms with Crippen molar-refractivity contribution in [2.24, 2.45) is 0 Å². The van der Waals surface area contributed by atoms with E-state index in [9.17, 15) is 10.1 Å². The summed E-state index contributed by atoms with van der Waals surface area (Å²) in [7, 11) is 0. The van der Waals surface area contributed by atoms with Crippen LogP contribution in [-0.2, 0) is 0 Å². The van der Waals surface area contributed by atoms with Crippen LogP contribution in [-0.4, -0.2) is 9.91 Å². The van der Waals surface area contributed by atoms with Gasteiger partial charge in [0.2, 0.25) is 0 Å². The summed E-state index contributed by atoms with van der Waals surface area (Å²) in [6.45, 7) is 2.00. The molecule has 0 radical (unpaired) electrons. The minimum absolute atomic E-state index is 0.0403. The zero-order valence-electron chi connectivity index (χ0n) is 12.4. The van der Waals surface area contributed by atoms with Gasteiger partial charge in [0.15, 0.2) is 0 Å². The molecule has 3 aromatic rings. The van der Waals surface area contributed by atoms with Crippen LogP contribution in [0.4, 0.5) is 11.4 Å². The molecular formula is C17H14ClN3O2. The minimum Gasteiger partial charge on any atom is -0.378 e. The molecule has 1 unspecified atom stereocenters. The van der Waals surface area contributed by atoms with E-state index in [0.717, 1.165) is 16.6 Å². The van der Waals surface area contributed by atoms with Crippen LogP contribution in [0.2, 0.25) is 5.02 Å². The van der Waals surface area contributed by atoms with Crippen molar-refractivity contribution in [2.75, 3.05) is 5.32 Å². The first-order valence-corrected chi connectivity index (χ1v) is 7.48. The van der Waals surface area contributed by atoms with Gasteiger partial charge in [-0.1, -0.05) is 29.8 Å². The third-order valence-corrected chi connectivity index (χ3v) is 4.08. The van der Waals surface area contributed by atoms with E-state index in [4.69, 9.17) is 11.6 Å². The Morgan fingerprint density at radius 1 is 1.17 bits per heavy atom. The van der Waals surface area contributed by atoms with Crippen LogP contribution in [0.1, 0.15) is 18.5 Å². The smallest absolute Gasteiger partial charge is 0.278 e. The van der Waals surface area contributed by atoms with Crippen LogP contribution in [0.25, 0.3) is 10.8 Å². The Hall–Kier alpha value is -2.66. The number of fused-ring (bicyclic) bond motifs is 1. The molecule has 1 aromatic heterocycles. The Balaban J connectivity index is 2.03. The van der Waals surface area contributed by atoms with E-state index < -0.39 is 4.92 Å². The van der Waals surface area contributed by atoms with Crippen LogP contribution in [0.3, 0.4) is 0 Å². The Bertz CT molecular complexity index is 883. The maximum absolute atomic E-state index is 11.2. The van der Waals surface area contributed by atoms with E-state index in [-0.39, 0.29) is 11.7 Å². The predicted molar refractivity (Wildman–Crippen MR) is 91.9 cm³/mol. The molecule has 1 heterocycles. The molecule has 0 aliphatic carbocycles. The van der Waals surface area contributed by atoms with Crippen molar-refractivity contribution < 1.29 is 4.92 Å². The maximum Gasteiger partial charge on any atom is 0.278 e. The molecule has 0 spiro atoms. The molecule has 2 aromatic carbocycles. The number of aromatic nitrogens is 1. The highest BCUT2D eigenvalue weighted by molar-refractivity contribution is 6.31. The molecule has 1 atom stereocenters. The van der Waals surface area contributed by atoms with Crippen molar-refractivity contribution in [3.8, 4) is 0 Å². The number of hydrogen-bond donors (Lipinski definition) is 1. The van der Waals surface area contributed by atoms with E-state index in [1.54, 1.807) is 18.3 Å². The molecule has 5 nitrogen and oxygen atoms in total. The van der Waals surface area contributed by atoms with Crippen LogP contribution >= 0.6 is 11.6 Å². The first kappa shape index (κ1) is 15.2. The number of anilines is 1. The lowest BCUT2D eigenvalue weighted by molar-refractivity contribution is -0.383. The number of pyridine rings is 1. The number of rotatable bonds is 4. The summed E-state index contributed by atoms with van der Waals surface area (Å²) >= 11 is 6.23. The topological polar surface area (TPSA) is 68.1 Å². The monoisotopic (exact) mass is 327 g/mol. The molecule has 0 saturated carbocycles. The van der Waals surface area contributed by atoms with Gasteiger partial charge < -0.3 is 5.32 Å². The number of nitrogens with one attached hydrogen (secondary N) is 1. The van der Waals surface area contributed by atoms with Gasteiger partial charge in [0.05, 0.1) is 16.4 Å². The normalized spacial score (nSPS) is 12.1. The Kier molecular flexibility index (Phi) is 4.12. The van der Waals surface area contributed by atoms with Gasteiger partial charge in [-0.2, -0.15) is 0 Å². The number of nitro benzene ring substituents is 1. The lowest BCUT2D eigenvalue weighted by Gasteiger charge is -2.18. The standard InChI is InChI=1S/C17H14ClN3O2/c1-11(12-4-2-3-5-15(12)18)20-16-6-7-17(21(22)23)14-10-19-9-8-13(14)16/h2-11,20H,1H3. The van der Waals surface area contributed by atoms with E-state index >= 15 is 0 Å². The van der Waals surface area contributed by atoms with Crippen molar-refractivity contribution in [2.45, 2.75) is 13.0 Å². The summed E-state index contributed by atoms with van der Waals surface area (Å²) in [6, 6.07) is 12.5. The Morgan fingerprint density at radius 3 is 2.70 bits per heavy atom. The van der Waals surface area contributed by atoms with Gasteiger partial charge in [0, 0.05) is 34.6 Å². The van der Waals surface area contributed by atoms with Gasteiger partial charge in [0.1, 0.15) is 0 Å². The Labute approximate surface area is 138 Å². The van der Waals surface area contributed by atoms with Gasteiger partial charge in [-0.05, 0) is 30.7 Å². The van der Waals surface area contributed by atoms with Crippen LogP contribution in [0.15, 0.2) is 54.9 Å². The second-order valence-corrected chi connectivity index (χ2v) is 5.61. The molecule has 0 amide bonds. The number of benzene rings is 2. The summed E-state index contributed by atoms with van der Waals surface area (Å²) in [6.07, 6.45) is 3.14. The number of non-ortho nitro benzene ring substituents is 1. The molecule has 3 rings (SSSR count). The quantitative estimate of drug-likeness (QED) is 0.542. The fraction of sp³-hybridized carbons (Fsp3) is 0.118. The molecule has 1 N–H and O–H groups in total. The molecule has 6 heteroatoms. The largest absolute Gasteiger partial charge is 0.378 e. The zero-order chi connectivity index (χ0) is 16.4. The number of nitrogens with zero attached hydrogens (tertiary/aromatic N) is 2. The fourth-order valence-electron chi connectivity index (χ4n) is 2.60. The van der Waals surface area contributed by atoms with E-state index in [1.165, 1.54) is 12.3 Å². The van der Waals surface area contributed by atoms with Gasteiger partial charge >= 0.3 is 0 Å². The van der Waals surface area contributed by atoms with Crippen LogP contribution in [0, 0.1) is 10.1 Å². The third-order valence-electron chi connectivity index (χ3n) is 3.74. The second kappa shape index (κ2) is 6.22. The summed E-state index contributed by atoms with van der Waals surface area (Å²) in [5.74, 6) is 0. The molecule has 0 fully saturated rings. The molecule has 0 bridgehead atoms. The van der Waals surface area contributed by atoms with Gasteiger partial charge in [-0.3, -0.25) is 15.1 Å². The first-order chi connectivity index (χ1) is 11.1. The molecule has 116 valence electrons. The number of nitro groups is 1. The summed E-state index contributed by atoms with van der Waals surface area (Å²) < 4.78 is 0. The molecule has 0 saturated heterocycles. The number of halogens is 1. The summed E-state index contributed by atoms with van der Waals surface area (Å²) in [5.41, 5.74) is 1.82. The highest BCUT2D eigenvalue weighted by Gasteiger charge is 2.16. The predicted octanol–water partition coefficient (Wildman–Crippen LogP) is 4.97. The Morgan fingerprint density at radius 2 is 1.96 bits per heavy atom. The summed E-state index contributed by atoms with van der Waals surface area (Å²) in [5, 5.41) is 16.5. The van der Waals surface area contributed by atoms with Crippen LogP contribution in [0.5, 0.6) is 0 Å². The van der Waals surface area contributed by atoms with Gasteiger partial charge in [0.25, 0.3) is 5.69 Å². The fourth-order valence-corrected chi connectivity index (χ4v) is 2.90. The highest BCUT2D eigenvalue weighted by Crippen LogP contribution is 2.33. The average Bonchev–Trinajstić information content (AvgIpc) is 2.55. The minimum atomic E-state index is -0.398. The number of hydrogen-bond acceptors (Lipinski definition) is 4. The molecule has 23 heavy (non-hydrogen) atoms. The highest BCUT2D eigenvalue weighted by atomic mass is 35.5. The van der Waals surface area contributed by atoms with Crippen molar-refractivity contribution in [3.63, 3.8) is 0 Å². The molecular weight excluding hydrogens is 314 g/mol. The van der Waals surface area contributed by atoms with Crippen molar-refractivity contribution in [1.29, 1.82) is 0 Å². The zero-order valence-corrected chi connectivity index (χ0v) is 13.1. The van der Waals surface area contributed by atoms with Crippen molar-refractivity contribution in [1.82, 2.24) is 4.98 Å².